The average molecular weight is 462 g/mol. The summed E-state index contributed by atoms with van der Waals surface area (Å²) in [5, 5.41) is 6.18. The number of nitrogens with one attached hydrogen (secondary N) is 1. The quantitative estimate of drug-likeness (QED) is 0.469. The lowest BCUT2D eigenvalue weighted by molar-refractivity contribution is -0.141. The van der Waals surface area contributed by atoms with E-state index in [4.69, 9.17) is 21.1 Å². The van der Waals surface area contributed by atoms with Crippen LogP contribution in [0.15, 0.2) is 51.6 Å². The third-order valence-electron chi connectivity index (χ3n) is 5.23. The van der Waals surface area contributed by atoms with Crippen molar-refractivity contribution in [2.75, 3.05) is 20.3 Å². The largest absolute Gasteiger partial charge is 0.460 e. The number of hydrogen-bond acceptors (Lipinski definition) is 7. The fourth-order valence-electron chi connectivity index (χ4n) is 3.59. The summed E-state index contributed by atoms with van der Waals surface area (Å²) in [5.41, 5.74) is 2.51. The van der Waals surface area contributed by atoms with E-state index in [0.29, 0.717) is 28.1 Å². The molecule has 0 unspecified atom stereocenters. The predicted molar refractivity (Wildman–Crippen MR) is 120 cm³/mol. The average Bonchev–Trinajstić information content (AvgIpc) is 3.46. The third kappa shape index (κ3) is 4.81. The molecule has 0 radical (unpaired) electrons. The Bertz CT molecular complexity index is 987. The first kappa shape index (κ1) is 21.9. The van der Waals surface area contributed by atoms with Gasteiger partial charge in [0.05, 0.1) is 30.3 Å². The number of amidine groups is 1. The molecule has 1 amide bonds. The van der Waals surface area contributed by atoms with Crippen molar-refractivity contribution >= 4 is 40.4 Å². The van der Waals surface area contributed by atoms with Crippen LogP contribution in [-0.2, 0) is 19.1 Å². The molecule has 0 bridgehead atoms. The number of halogens is 1. The molecule has 2 aliphatic heterocycles. The number of benzene rings is 1. The second-order valence-corrected chi connectivity index (χ2v) is 8.81. The topological polar surface area (TPSA) is 80.2 Å². The Hall–Kier alpha value is -2.29. The van der Waals surface area contributed by atoms with Gasteiger partial charge in [0, 0.05) is 23.9 Å². The summed E-state index contributed by atoms with van der Waals surface area (Å²) in [6, 6.07) is 7.14. The smallest absolute Gasteiger partial charge is 0.338 e. The van der Waals surface area contributed by atoms with E-state index in [1.165, 1.54) is 11.8 Å². The number of fused-ring (bicyclic) bond motifs is 1. The van der Waals surface area contributed by atoms with Crippen molar-refractivity contribution in [3.05, 3.63) is 57.2 Å². The molecular formula is C22H24ClN3O4S. The monoisotopic (exact) mass is 461 g/mol. The molecule has 2 heterocycles. The standard InChI is InChI=1S/C22H24ClN3O4S/c1-13-19(21(28)30-10-9-29-2)20(16-5-3-4-6-17(16)23)26-15(12-31-22(26)24-13)11-18(27)25-14-7-8-14/h3-6,12,14,20H,7-11H2,1-2H3,(H,25,27)/t20-/m0/s1. The summed E-state index contributed by atoms with van der Waals surface area (Å²) in [6.45, 7) is 2.23. The first-order chi connectivity index (χ1) is 15.0. The van der Waals surface area contributed by atoms with Gasteiger partial charge in [0.2, 0.25) is 5.91 Å². The highest BCUT2D eigenvalue weighted by Crippen LogP contribution is 2.46. The summed E-state index contributed by atoms with van der Waals surface area (Å²) in [4.78, 5) is 32.2. The fourth-order valence-corrected chi connectivity index (χ4v) is 4.79. The Morgan fingerprint density at radius 2 is 2.06 bits per heavy atom. The lowest BCUT2D eigenvalue weighted by Gasteiger charge is -2.36. The van der Waals surface area contributed by atoms with Crippen LogP contribution in [0.5, 0.6) is 0 Å². The first-order valence-electron chi connectivity index (χ1n) is 10.1. The van der Waals surface area contributed by atoms with Gasteiger partial charge in [-0.1, -0.05) is 41.6 Å². The Labute approximate surface area is 190 Å². The lowest BCUT2D eigenvalue weighted by Crippen LogP contribution is -2.38. The van der Waals surface area contributed by atoms with E-state index in [2.05, 4.69) is 10.3 Å². The first-order valence-corrected chi connectivity index (χ1v) is 11.4. The zero-order valence-corrected chi connectivity index (χ0v) is 19.0. The van der Waals surface area contributed by atoms with Gasteiger partial charge in [0.15, 0.2) is 5.17 Å². The molecule has 31 heavy (non-hydrogen) atoms. The van der Waals surface area contributed by atoms with Gasteiger partial charge in [-0.15, -0.1) is 0 Å². The zero-order chi connectivity index (χ0) is 22.0. The van der Waals surface area contributed by atoms with Crippen molar-refractivity contribution in [3.8, 4) is 0 Å². The highest BCUT2D eigenvalue weighted by atomic mass is 35.5. The van der Waals surface area contributed by atoms with Gasteiger partial charge in [-0.3, -0.25) is 4.79 Å². The summed E-state index contributed by atoms with van der Waals surface area (Å²) < 4.78 is 10.4. The van der Waals surface area contributed by atoms with Crippen molar-refractivity contribution in [2.24, 2.45) is 4.99 Å². The van der Waals surface area contributed by atoms with E-state index in [9.17, 15) is 9.59 Å². The van der Waals surface area contributed by atoms with E-state index in [0.717, 1.165) is 24.1 Å². The Balaban J connectivity index is 1.68. The molecule has 0 spiro atoms. The summed E-state index contributed by atoms with van der Waals surface area (Å²) in [5.74, 6) is -0.509. The predicted octanol–water partition coefficient (Wildman–Crippen LogP) is 3.77. The summed E-state index contributed by atoms with van der Waals surface area (Å²) in [6.07, 6.45) is 2.25. The molecule has 1 aromatic rings. The van der Waals surface area contributed by atoms with Crippen LogP contribution in [-0.4, -0.2) is 48.3 Å². The van der Waals surface area contributed by atoms with Crippen LogP contribution in [0, 0.1) is 0 Å². The molecule has 1 fully saturated rings. The summed E-state index contributed by atoms with van der Waals surface area (Å²) in [7, 11) is 1.55. The van der Waals surface area contributed by atoms with Crippen molar-refractivity contribution in [1.29, 1.82) is 0 Å². The molecule has 0 aromatic heterocycles. The number of hydrogen-bond donors (Lipinski definition) is 1. The fraction of sp³-hybridized carbons (Fsp3) is 0.409. The van der Waals surface area contributed by atoms with Gasteiger partial charge in [-0.25, -0.2) is 9.79 Å². The molecule has 4 rings (SSSR count). The number of nitrogens with zero attached hydrogens (tertiary/aromatic N) is 2. The minimum atomic E-state index is -0.536. The highest BCUT2D eigenvalue weighted by molar-refractivity contribution is 8.16. The van der Waals surface area contributed by atoms with Crippen molar-refractivity contribution < 1.29 is 19.1 Å². The zero-order valence-electron chi connectivity index (χ0n) is 17.4. The molecule has 164 valence electrons. The van der Waals surface area contributed by atoms with Crippen molar-refractivity contribution in [1.82, 2.24) is 10.2 Å². The van der Waals surface area contributed by atoms with Crippen LogP contribution in [0.1, 0.15) is 37.8 Å². The van der Waals surface area contributed by atoms with E-state index < -0.39 is 12.0 Å². The molecule has 0 saturated heterocycles. The number of thioether (sulfide) groups is 1. The van der Waals surface area contributed by atoms with Crippen LogP contribution in [0.2, 0.25) is 5.02 Å². The van der Waals surface area contributed by atoms with Gasteiger partial charge in [-0.05, 0) is 36.8 Å². The van der Waals surface area contributed by atoms with E-state index in [1.54, 1.807) is 20.1 Å². The Morgan fingerprint density at radius 3 is 2.77 bits per heavy atom. The molecule has 7 nitrogen and oxygen atoms in total. The highest BCUT2D eigenvalue weighted by Gasteiger charge is 2.42. The number of carbonyl (C=O) groups excluding carboxylic acids is 2. The van der Waals surface area contributed by atoms with Crippen molar-refractivity contribution in [2.45, 2.75) is 38.3 Å². The maximum Gasteiger partial charge on any atom is 0.338 e. The van der Waals surface area contributed by atoms with Gasteiger partial charge in [-0.2, -0.15) is 0 Å². The van der Waals surface area contributed by atoms with Gasteiger partial charge >= 0.3 is 5.97 Å². The number of aliphatic imine (C=N–C) groups is 1. The van der Waals surface area contributed by atoms with Crippen LogP contribution in [0.3, 0.4) is 0 Å². The minimum absolute atomic E-state index is 0.0380. The second-order valence-electron chi connectivity index (χ2n) is 7.56. The number of amides is 1. The number of ether oxygens (including phenoxy) is 2. The van der Waals surface area contributed by atoms with Crippen LogP contribution in [0.25, 0.3) is 0 Å². The van der Waals surface area contributed by atoms with Crippen LogP contribution in [0.4, 0.5) is 0 Å². The normalized spacial score (nSPS) is 20.2. The Morgan fingerprint density at radius 1 is 1.29 bits per heavy atom. The van der Waals surface area contributed by atoms with E-state index >= 15 is 0 Å². The van der Waals surface area contributed by atoms with Gasteiger partial charge in [0.25, 0.3) is 0 Å². The van der Waals surface area contributed by atoms with Crippen LogP contribution < -0.4 is 5.32 Å². The number of allylic oxidation sites excluding steroid dienone is 1. The summed E-state index contributed by atoms with van der Waals surface area (Å²) >= 11 is 7.99. The number of carbonyl (C=O) groups is 2. The molecule has 1 N–H and O–H groups in total. The molecular weight excluding hydrogens is 438 g/mol. The second kappa shape index (κ2) is 9.46. The van der Waals surface area contributed by atoms with E-state index in [-0.39, 0.29) is 25.0 Å². The lowest BCUT2D eigenvalue weighted by atomic mass is 9.93. The van der Waals surface area contributed by atoms with E-state index in [1.807, 2.05) is 28.5 Å². The SMILES string of the molecule is COCCOC(=O)C1=C(C)N=C2SC=C(CC(=O)NC3CC3)N2[C@H]1c1ccccc1Cl. The maximum absolute atomic E-state index is 13.1. The molecule has 1 saturated carbocycles. The van der Waals surface area contributed by atoms with Crippen LogP contribution >= 0.6 is 23.4 Å². The third-order valence-corrected chi connectivity index (χ3v) is 6.46. The van der Waals surface area contributed by atoms with Gasteiger partial charge < -0.3 is 19.7 Å². The number of rotatable bonds is 8. The molecule has 9 heteroatoms. The van der Waals surface area contributed by atoms with Crippen molar-refractivity contribution in [3.63, 3.8) is 0 Å². The molecule has 3 aliphatic rings. The number of methoxy groups -OCH3 is 1. The number of esters is 1. The molecule has 1 aromatic carbocycles. The van der Waals surface area contributed by atoms with Gasteiger partial charge in [0.1, 0.15) is 6.61 Å². The minimum Gasteiger partial charge on any atom is -0.460 e. The molecule has 1 aliphatic carbocycles. The molecule has 1 atom stereocenters. The maximum atomic E-state index is 13.1. The Kier molecular flexibility index (Phi) is 6.69.